The van der Waals surface area contributed by atoms with Crippen LogP contribution in [0.5, 0.6) is 0 Å². The second-order valence-electron chi connectivity index (χ2n) is 7.01. The maximum absolute atomic E-state index is 12.2. The molecule has 1 aliphatic heterocycles. The Labute approximate surface area is 160 Å². The Kier molecular flexibility index (Phi) is 7.51. The largest absolute Gasteiger partial charge is 0.321 e. The SMILES string of the molecule is CC(C)N(C(C)C)P(OCCC#N)OC1C(S(C)(=O)=O)SSC12CC2. The summed E-state index contributed by atoms with van der Waals surface area (Å²) in [4.78, 5) is 0. The number of rotatable bonds is 9. The van der Waals surface area contributed by atoms with Crippen LogP contribution in [0.1, 0.15) is 47.0 Å². The van der Waals surface area contributed by atoms with Gasteiger partial charge in [0.2, 0.25) is 0 Å². The monoisotopic (exact) mass is 426 g/mol. The molecule has 1 saturated carbocycles. The third-order valence-electron chi connectivity index (χ3n) is 4.11. The lowest BCUT2D eigenvalue weighted by Crippen LogP contribution is -2.40. The highest BCUT2D eigenvalue weighted by Crippen LogP contribution is 2.68. The lowest BCUT2D eigenvalue weighted by atomic mass is 10.2. The van der Waals surface area contributed by atoms with Crippen molar-refractivity contribution in [3.05, 3.63) is 0 Å². The average Bonchev–Trinajstić information content (AvgIpc) is 3.15. The molecule has 3 atom stereocenters. The summed E-state index contributed by atoms with van der Waals surface area (Å²) in [7, 11) is -1.58. The Morgan fingerprint density at radius 2 is 1.92 bits per heavy atom. The Bertz CT molecular complexity index is 596. The van der Waals surface area contributed by atoms with Crippen molar-refractivity contribution in [2.45, 2.75) is 74.5 Å². The van der Waals surface area contributed by atoms with Crippen LogP contribution >= 0.6 is 30.1 Å². The van der Waals surface area contributed by atoms with Gasteiger partial charge in [0.1, 0.15) is 10.7 Å². The highest BCUT2D eigenvalue weighted by Gasteiger charge is 2.62. The lowest BCUT2D eigenvalue weighted by Gasteiger charge is -2.38. The Hall–Kier alpha value is 0.450. The van der Waals surface area contributed by atoms with Gasteiger partial charge in [0.25, 0.3) is 8.53 Å². The molecule has 1 spiro atoms. The van der Waals surface area contributed by atoms with Crippen LogP contribution in [-0.4, -0.2) is 53.5 Å². The Morgan fingerprint density at radius 1 is 1.32 bits per heavy atom. The number of nitrogens with zero attached hydrogens (tertiary/aromatic N) is 2. The number of hydrogen-bond acceptors (Lipinski definition) is 8. The fraction of sp³-hybridized carbons (Fsp3) is 0.933. The van der Waals surface area contributed by atoms with E-state index in [0.717, 1.165) is 12.8 Å². The summed E-state index contributed by atoms with van der Waals surface area (Å²) in [5.41, 5.74) is 0. The standard InChI is InChI=1S/C15H27N2O4PS3/c1-11(2)17(12(3)4)22(20-10-6-9-16)21-13-14(25(5,18)19)23-24-15(13)7-8-15/h11-14H,6-8,10H2,1-5H3. The molecule has 0 aromatic carbocycles. The van der Waals surface area contributed by atoms with Gasteiger partial charge < -0.3 is 9.05 Å². The fourth-order valence-corrected chi connectivity index (χ4v) is 11.2. The van der Waals surface area contributed by atoms with Crippen molar-refractivity contribution < 1.29 is 17.5 Å². The van der Waals surface area contributed by atoms with Crippen molar-refractivity contribution >= 4 is 40.0 Å². The predicted octanol–water partition coefficient (Wildman–Crippen LogP) is 3.95. The van der Waals surface area contributed by atoms with Crippen LogP contribution in [-0.2, 0) is 18.9 Å². The van der Waals surface area contributed by atoms with E-state index < -0.39 is 22.9 Å². The molecule has 2 aliphatic rings. The summed E-state index contributed by atoms with van der Waals surface area (Å²) in [6, 6.07) is 2.48. The van der Waals surface area contributed by atoms with Gasteiger partial charge in [-0.25, -0.2) is 13.1 Å². The molecule has 3 unspecified atom stereocenters. The lowest BCUT2D eigenvalue weighted by molar-refractivity contribution is 0.135. The minimum absolute atomic E-state index is 0.1000. The molecule has 1 aliphatic carbocycles. The molecule has 2 rings (SSSR count). The first-order valence-electron chi connectivity index (χ1n) is 8.41. The molecule has 0 radical (unpaired) electrons. The van der Waals surface area contributed by atoms with E-state index in [1.807, 2.05) is 0 Å². The molecule has 10 heteroatoms. The molecular weight excluding hydrogens is 399 g/mol. The van der Waals surface area contributed by atoms with Gasteiger partial charge in [-0.1, -0.05) is 21.6 Å². The maximum atomic E-state index is 12.2. The molecule has 0 amide bonds. The predicted molar refractivity (Wildman–Crippen MR) is 106 cm³/mol. The normalized spacial score (nSPS) is 26.5. The number of hydrogen-bond donors (Lipinski definition) is 0. The number of sulfone groups is 1. The summed E-state index contributed by atoms with van der Waals surface area (Å²) < 4.78 is 38.3. The van der Waals surface area contributed by atoms with Crippen molar-refractivity contribution in [2.75, 3.05) is 12.9 Å². The first-order valence-corrected chi connectivity index (χ1v) is 13.7. The topological polar surface area (TPSA) is 79.6 Å². The minimum Gasteiger partial charge on any atom is -0.321 e. The van der Waals surface area contributed by atoms with E-state index in [1.54, 1.807) is 10.8 Å². The van der Waals surface area contributed by atoms with Gasteiger partial charge in [-0.05, 0) is 40.5 Å². The van der Waals surface area contributed by atoms with Gasteiger partial charge in [-0.15, -0.1) is 0 Å². The van der Waals surface area contributed by atoms with Crippen LogP contribution < -0.4 is 0 Å². The molecule has 0 aromatic rings. The van der Waals surface area contributed by atoms with E-state index in [2.05, 4.69) is 38.4 Å². The van der Waals surface area contributed by atoms with Crippen molar-refractivity contribution in [2.24, 2.45) is 0 Å². The summed E-state index contributed by atoms with van der Waals surface area (Å²) in [5.74, 6) is 0. The maximum Gasteiger partial charge on any atom is 0.259 e. The Balaban J connectivity index is 2.22. The summed E-state index contributed by atoms with van der Waals surface area (Å²) in [6.45, 7) is 8.59. The van der Waals surface area contributed by atoms with Crippen LogP contribution in [0.15, 0.2) is 0 Å². The molecule has 0 aromatic heterocycles. The molecule has 144 valence electrons. The average molecular weight is 427 g/mol. The third kappa shape index (κ3) is 5.25. The molecular formula is C15H27N2O4PS3. The van der Waals surface area contributed by atoms with Gasteiger partial charge >= 0.3 is 0 Å². The smallest absolute Gasteiger partial charge is 0.259 e. The molecule has 6 nitrogen and oxygen atoms in total. The summed E-state index contributed by atoms with van der Waals surface area (Å²) >= 11 is 0. The van der Waals surface area contributed by atoms with Gasteiger partial charge in [0, 0.05) is 18.3 Å². The second-order valence-corrected chi connectivity index (χ2v) is 13.6. The van der Waals surface area contributed by atoms with Crippen LogP contribution in [0.25, 0.3) is 0 Å². The molecule has 0 bridgehead atoms. The quantitative estimate of drug-likeness (QED) is 0.312. The van der Waals surface area contributed by atoms with Crippen LogP contribution in [0.4, 0.5) is 0 Å². The van der Waals surface area contributed by atoms with E-state index in [4.69, 9.17) is 14.3 Å². The first-order chi connectivity index (χ1) is 11.6. The highest BCUT2D eigenvalue weighted by molar-refractivity contribution is 8.79. The molecule has 2 fully saturated rings. The van der Waals surface area contributed by atoms with Crippen LogP contribution in [0, 0.1) is 11.3 Å². The van der Waals surface area contributed by atoms with Crippen molar-refractivity contribution in [1.29, 1.82) is 5.26 Å². The highest BCUT2D eigenvalue weighted by atomic mass is 33.1. The minimum atomic E-state index is -3.22. The first kappa shape index (κ1) is 21.7. The molecule has 1 heterocycles. The third-order valence-corrected chi connectivity index (χ3v) is 12.4. The number of nitriles is 1. The molecule has 1 saturated heterocycles. The fourth-order valence-electron chi connectivity index (χ4n) is 2.81. The van der Waals surface area contributed by atoms with Gasteiger partial charge in [0.05, 0.1) is 23.8 Å². The van der Waals surface area contributed by atoms with Gasteiger partial charge in [0.15, 0.2) is 9.84 Å². The zero-order valence-electron chi connectivity index (χ0n) is 15.3. The van der Waals surface area contributed by atoms with Crippen molar-refractivity contribution in [1.82, 2.24) is 4.67 Å². The zero-order valence-corrected chi connectivity index (χ0v) is 18.7. The molecule has 0 N–H and O–H groups in total. The summed E-state index contributed by atoms with van der Waals surface area (Å²) in [5, 5.41) is 8.80. The van der Waals surface area contributed by atoms with Crippen molar-refractivity contribution in [3.63, 3.8) is 0 Å². The summed E-state index contributed by atoms with van der Waals surface area (Å²) in [6.07, 6.45) is 3.16. The van der Waals surface area contributed by atoms with Crippen LogP contribution in [0.3, 0.4) is 0 Å². The van der Waals surface area contributed by atoms with Crippen molar-refractivity contribution in [3.8, 4) is 6.07 Å². The van der Waals surface area contributed by atoms with E-state index in [1.165, 1.54) is 17.0 Å². The van der Waals surface area contributed by atoms with Crippen LogP contribution in [0.2, 0.25) is 0 Å². The van der Waals surface area contributed by atoms with Gasteiger partial charge in [-0.3, -0.25) is 0 Å². The zero-order chi connectivity index (χ0) is 18.8. The molecule has 25 heavy (non-hydrogen) atoms. The van der Waals surface area contributed by atoms with E-state index in [-0.39, 0.29) is 22.9 Å². The van der Waals surface area contributed by atoms with E-state index in [0.29, 0.717) is 13.0 Å². The Morgan fingerprint density at radius 3 is 2.36 bits per heavy atom. The second kappa shape index (κ2) is 8.64. The van der Waals surface area contributed by atoms with E-state index in [9.17, 15) is 8.42 Å². The van der Waals surface area contributed by atoms with E-state index >= 15 is 0 Å². The van der Waals surface area contributed by atoms with Gasteiger partial charge in [-0.2, -0.15) is 5.26 Å².